The van der Waals surface area contributed by atoms with Gasteiger partial charge < -0.3 is 9.47 Å². The number of ether oxygens (including phenoxy) is 2. The highest BCUT2D eigenvalue weighted by atomic mass is 16.7. The molecule has 3 rings (SSSR count). The summed E-state index contributed by atoms with van der Waals surface area (Å²) in [5, 5.41) is 0. The largest absolute Gasteiger partial charge is 0.345 e. The first kappa shape index (κ1) is 14.4. The Hall–Kier alpha value is -1.52. The number of ketones is 2. The topological polar surface area (TPSA) is 52.6 Å². The summed E-state index contributed by atoms with van der Waals surface area (Å²) in [6.45, 7) is 3.87. The second kappa shape index (κ2) is 5.70. The van der Waals surface area contributed by atoms with Crippen molar-refractivity contribution in [1.82, 2.24) is 0 Å². The van der Waals surface area contributed by atoms with Crippen molar-refractivity contribution in [3.63, 3.8) is 0 Å². The summed E-state index contributed by atoms with van der Waals surface area (Å²) < 4.78 is 11.4. The molecule has 0 bridgehead atoms. The van der Waals surface area contributed by atoms with Crippen LogP contribution in [0.5, 0.6) is 0 Å². The molecule has 1 fully saturated rings. The predicted molar refractivity (Wildman–Crippen MR) is 77.4 cm³/mol. The maximum atomic E-state index is 11.7. The van der Waals surface area contributed by atoms with Crippen LogP contribution < -0.4 is 0 Å². The van der Waals surface area contributed by atoms with Crippen molar-refractivity contribution in [3.8, 4) is 0 Å². The van der Waals surface area contributed by atoms with Crippen LogP contribution in [-0.4, -0.2) is 30.6 Å². The minimum Gasteiger partial charge on any atom is -0.345 e. The Labute approximate surface area is 124 Å². The molecule has 4 heteroatoms. The molecule has 0 saturated carbocycles. The summed E-state index contributed by atoms with van der Waals surface area (Å²) in [4.78, 5) is 23.3. The van der Waals surface area contributed by atoms with Gasteiger partial charge in [-0.3, -0.25) is 9.59 Å². The number of carbonyl (C=O) groups is 2. The maximum Gasteiger partial charge on any atom is 0.218 e. The van der Waals surface area contributed by atoms with E-state index >= 15 is 0 Å². The average Bonchev–Trinajstić information content (AvgIpc) is 2.52. The highest BCUT2D eigenvalue weighted by Gasteiger charge is 2.38. The smallest absolute Gasteiger partial charge is 0.218 e. The summed E-state index contributed by atoms with van der Waals surface area (Å²) in [7, 11) is 0. The van der Waals surface area contributed by atoms with E-state index in [4.69, 9.17) is 9.47 Å². The van der Waals surface area contributed by atoms with Crippen LogP contribution in [0.4, 0.5) is 0 Å². The van der Waals surface area contributed by atoms with Gasteiger partial charge in [0.15, 0.2) is 11.6 Å². The van der Waals surface area contributed by atoms with Crippen LogP contribution in [0.1, 0.15) is 54.1 Å². The first-order valence-corrected chi connectivity index (χ1v) is 7.53. The van der Waals surface area contributed by atoms with Gasteiger partial charge in [0.1, 0.15) is 0 Å². The lowest BCUT2D eigenvalue weighted by molar-refractivity contribution is -0.220. The van der Waals surface area contributed by atoms with Crippen molar-refractivity contribution in [2.45, 2.75) is 51.4 Å². The van der Waals surface area contributed by atoms with Gasteiger partial charge in [0.2, 0.25) is 6.29 Å². The van der Waals surface area contributed by atoms with Crippen LogP contribution in [0.3, 0.4) is 0 Å². The van der Waals surface area contributed by atoms with Crippen LogP contribution >= 0.6 is 0 Å². The standard InChI is InChI=1S/C17H20O4/c1-3-15(19)17-20-9-14-13-8-12(10(2)18)5-4-11(13)6-7-16(14)21-17/h4-5,8,14,16-17H,3,6-7,9H2,1-2H3. The number of aryl methyl sites for hydroxylation is 1. The monoisotopic (exact) mass is 288 g/mol. The number of benzene rings is 1. The Bertz CT molecular complexity index is 578. The highest BCUT2D eigenvalue weighted by molar-refractivity contribution is 5.94. The third-order valence-corrected chi connectivity index (χ3v) is 4.44. The van der Waals surface area contributed by atoms with Gasteiger partial charge in [-0.1, -0.05) is 19.1 Å². The second-order valence-electron chi connectivity index (χ2n) is 5.77. The molecule has 1 aliphatic heterocycles. The van der Waals surface area contributed by atoms with Crippen LogP contribution in [0.2, 0.25) is 0 Å². The van der Waals surface area contributed by atoms with Gasteiger partial charge in [-0.05, 0) is 37.0 Å². The summed E-state index contributed by atoms with van der Waals surface area (Å²) >= 11 is 0. The minimum atomic E-state index is -0.714. The molecule has 0 N–H and O–H groups in total. The van der Waals surface area contributed by atoms with E-state index in [0.29, 0.717) is 13.0 Å². The molecule has 0 spiro atoms. The number of carbonyl (C=O) groups excluding carboxylic acids is 2. The molecule has 112 valence electrons. The van der Waals surface area contributed by atoms with Crippen LogP contribution in [0.15, 0.2) is 18.2 Å². The molecule has 0 aromatic heterocycles. The molecule has 1 aliphatic carbocycles. The lowest BCUT2D eigenvalue weighted by Crippen LogP contribution is -2.44. The first-order valence-electron chi connectivity index (χ1n) is 7.53. The van der Waals surface area contributed by atoms with E-state index in [1.54, 1.807) is 6.92 Å². The molecule has 0 amide bonds. The van der Waals surface area contributed by atoms with Gasteiger partial charge in [0.25, 0.3) is 0 Å². The van der Waals surface area contributed by atoms with Crippen molar-refractivity contribution >= 4 is 11.6 Å². The lowest BCUT2D eigenvalue weighted by Gasteiger charge is -2.40. The number of hydrogen-bond acceptors (Lipinski definition) is 4. The van der Waals surface area contributed by atoms with E-state index in [2.05, 4.69) is 0 Å². The van der Waals surface area contributed by atoms with Gasteiger partial charge in [0, 0.05) is 17.9 Å². The number of fused-ring (bicyclic) bond motifs is 3. The van der Waals surface area contributed by atoms with Crippen molar-refractivity contribution in [2.75, 3.05) is 6.61 Å². The molecule has 3 unspecified atom stereocenters. The van der Waals surface area contributed by atoms with E-state index in [9.17, 15) is 9.59 Å². The molecule has 0 radical (unpaired) electrons. The SMILES string of the molecule is CCC(=O)C1OCC2c3cc(C(C)=O)ccc3CCC2O1. The van der Waals surface area contributed by atoms with Gasteiger partial charge in [-0.15, -0.1) is 0 Å². The quantitative estimate of drug-likeness (QED) is 0.802. The lowest BCUT2D eigenvalue weighted by atomic mass is 9.79. The summed E-state index contributed by atoms with van der Waals surface area (Å²) in [6, 6.07) is 5.88. The van der Waals surface area contributed by atoms with Crippen molar-refractivity contribution in [1.29, 1.82) is 0 Å². The summed E-state index contributed by atoms with van der Waals surface area (Å²) in [5.41, 5.74) is 3.12. The molecule has 4 nitrogen and oxygen atoms in total. The van der Waals surface area contributed by atoms with Crippen LogP contribution in [0, 0.1) is 0 Å². The normalized spacial score (nSPS) is 27.6. The minimum absolute atomic E-state index is 0.00302. The Morgan fingerprint density at radius 1 is 1.33 bits per heavy atom. The summed E-state index contributed by atoms with van der Waals surface area (Å²) in [6.07, 6.45) is 1.53. The van der Waals surface area contributed by atoms with E-state index in [1.165, 1.54) is 5.56 Å². The Morgan fingerprint density at radius 3 is 2.86 bits per heavy atom. The average molecular weight is 288 g/mol. The third kappa shape index (κ3) is 2.65. The molecule has 3 atom stereocenters. The maximum absolute atomic E-state index is 11.7. The molecule has 1 aromatic carbocycles. The van der Waals surface area contributed by atoms with E-state index < -0.39 is 6.29 Å². The second-order valence-corrected chi connectivity index (χ2v) is 5.77. The highest BCUT2D eigenvalue weighted by Crippen LogP contribution is 2.38. The Morgan fingerprint density at radius 2 is 2.14 bits per heavy atom. The van der Waals surface area contributed by atoms with Crippen LogP contribution in [-0.2, 0) is 20.7 Å². The van der Waals surface area contributed by atoms with Gasteiger partial charge in [0.05, 0.1) is 12.7 Å². The number of hydrogen-bond donors (Lipinski definition) is 0. The predicted octanol–water partition coefficient (Wildman–Crippen LogP) is 2.64. The third-order valence-electron chi connectivity index (χ3n) is 4.44. The van der Waals surface area contributed by atoms with Crippen molar-refractivity contribution in [2.24, 2.45) is 0 Å². The summed E-state index contributed by atoms with van der Waals surface area (Å²) in [5.74, 6) is 0.183. The Kier molecular flexibility index (Phi) is 3.91. The zero-order valence-electron chi connectivity index (χ0n) is 12.4. The zero-order chi connectivity index (χ0) is 15.0. The molecule has 1 heterocycles. The van der Waals surface area contributed by atoms with Gasteiger partial charge in [-0.25, -0.2) is 0 Å². The Balaban J connectivity index is 1.85. The van der Waals surface area contributed by atoms with Crippen molar-refractivity contribution in [3.05, 3.63) is 34.9 Å². The fourth-order valence-electron chi connectivity index (χ4n) is 3.17. The number of Topliss-reactive ketones (excluding diaryl/α,β-unsaturated/α-hetero) is 2. The van der Waals surface area contributed by atoms with E-state index in [-0.39, 0.29) is 23.6 Å². The molecular formula is C17H20O4. The van der Waals surface area contributed by atoms with Gasteiger partial charge >= 0.3 is 0 Å². The zero-order valence-corrected chi connectivity index (χ0v) is 12.4. The molecule has 1 saturated heterocycles. The molecule has 2 aliphatic rings. The first-order chi connectivity index (χ1) is 10.1. The van der Waals surface area contributed by atoms with E-state index in [0.717, 1.165) is 24.0 Å². The van der Waals surface area contributed by atoms with Crippen LogP contribution in [0.25, 0.3) is 0 Å². The van der Waals surface area contributed by atoms with Crippen molar-refractivity contribution < 1.29 is 19.1 Å². The molecular weight excluding hydrogens is 268 g/mol. The molecule has 21 heavy (non-hydrogen) atoms. The number of rotatable bonds is 3. The molecule has 1 aromatic rings. The fraction of sp³-hybridized carbons (Fsp3) is 0.529. The fourth-order valence-corrected chi connectivity index (χ4v) is 3.17. The van der Waals surface area contributed by atoms with Gasteiger partial charge in [-0.2, -0.15) is 0 Å². The van der Waals surface area contributed by atoms with E-state index in [1.807, 2.05) is 25.1 Å².